The first-order chi connectivity index (χ1) is 18.8. The number of rotatable bonds is 10. The van der Waals surface area contributed by atoms with Crippen molar-refractivity contribution in [3.05, 3.63) is 46.8 Å². The first-order valence-corrected chi connectivity index (χ1v) is 13.3. The van der Waals surface area contributed by atoms with Gasteiger partial charge in [-0.3, -0.25) is 9.59 Å². The molecule has 2 aromatic rings. The first-order valence-electron chi connectivity index (χ1n) is 13.3. The van der Waals surface area contributed by atoms with Crippen LogP contribution in [0.3, 0.4) is 0 Å². The van der Waals surface area contributed by atoms with Gasteiger partial charge in [-0.2, -0.15) is 0 Å². The molecule has 1 amide bonds. The summed E-state index contributed by atoms with van der Waals surface area (Å²) in [6.45, 7) is 3.71. The molecule has 10 nitrogen and oxygen atoms in total. The molecule has 0 bridgehead atoms. The summed E-state index contributed by atoms with van der Waals surface area (Å²) in [5.74, 6) is -0.404. The van der Waals surface area contributed by atoms with Crippen LogP contribution in [0, 0.1) is 12.8 Å². The summed E-state index contributed by atoms with van der Waals surface area (Å²) in [7, 11) is 1.50. The van der Waals surface area contributed by atoms with Gasteiger partial charge in [-0.15, -0.1) is 0 Å². The van der Waals surface area contributed by atoms with Crippen molar-refractivity contribution in [2.45, 2.75) is 71.2 Å². The molecule has 1 N–H and O–H groups in total. The maximum atomic E-state index is 13.3. The van der Waals surface area contributed by atoms with Crippen molar-refractivity contribution in [3.8, 4) is 16.9 Å². The number of aryl methyl sites for hydroxylation is 1. The molecule has 0 spiro atoms. The predicted molar refractivity (Wildman–Crippen MR) is 141 cm³/mol. The van der Waals surface area contributed by atoms with E-state index in [9.17, 15) is 19.2 Å². The molecular formula is C29H34N2O8. The Morgan fingerprint density at radius 1 is 1.05 bits per heavy atom. The highest BCUT2D eigenvalue weighted by Crippen LogP contribution is 2.33. The van der Waals surface area contributed by atoms with Gasteiger partial charge in [0.2, 0.25) is 6.29 Å². The van der Waals surface area contributed by atoms with E-state index in [0.29, 0.717) is 35.6 Å². The van der Waals surface area contributed by atoms with Gasteiger partial charge in [-0.1, -0.05) is 6.42 Å². The molecule has 1 aromatic carbocycles. The largest absolute Gasteiger partial charge is 0.511 e. The van der Waals surface area contributed by atoms with Crippen molar-refractivity contribution >= 4 is 24.3 Å². The van der Waals surface area contributed by atoms with E-state index in [0.717, 1.165) is 50.5 Å². The van der Waals surface area contributed by atoms with Crippen molar-refractivity contribution < 1.29 is 38.1 Å². The Kier molecular flexibility index (Phi) is 9.16. The monoisotopic (exact) mass is 538 g/mol. The molecule has 2 aliphatic carbocycles. The van der Waals surface area contributed by atoms with E-state index in [1.54, 1.807) is 19.1 Å². The second kappa shape index (κ2) is 12.7. The summed E-state index contributed by atoms with van der Waals surface area (Å²) in [5.41, 5.74) is 1.48. The number of ether oxygens (including phenoxy) is 4. The van der Waals surface area contributed by atoms with Crippen LogP contribution in [0.2, 0.25) is 0 Å². The number of methoxy groups -OCH3 is 1. The number of nitrogens with one attached hydrogen (secondary N) is 1. The zero-order valence-corrected chi connectivity index (χ0v) is 22.5. The number of hydrogen-bond donors (Lipinski definition) is 1. The lowest BCUT2D eigenvalue weighted by Gasteiger charge is -2.22. The normalized spacial score (nSPS) is 16.1. The van der Waals surface area contributed by atoms with Crippen LogP contribution < -0.4 is 10.1 Å². The Labute approximate surface area is 227 Å². The third-order valence-electron chi connectivity index (χ3n) is 6.90. The van der Waals surface area contributed by atoms with E-state index in [4.69, 9.17) is 18.9 Å². The molecule has 208 valence electrons. The topological polar surface area (TPSA) is 130 Å². The zero-order valence-electron chi connectivity index (χ0n) is 22.5. The van der Waals surface area contributed by atoms with Crippen molar-refractivity contribution in [3.63, 3.8) is 0 Å². The van der Waals surface area contributed by atoms with Gasteiger partial charge >= 0.3 is 12.1 Å². The number of benzene rings is 1. The van der Waals surface area contributed by atoms with Gasteiger partial charge < -0.3 is 24.3 Å². The lowest BCUT2D eigenvalue weighted by molar-refractivity contribution is -0.0917. The fourth-order valence-corrected chi connectivity index (χ4v) is 4.58. The summed E-state index contributed by atoms with van der Waals surface area (Å²) >= 11 is 0. The summed E-state index contributed by atoms with van der Waals surface area (Å²) in [4.78, 5) is 54.5. The number of amides is 1. The van der Waals surface area contributed by atoms with E-state index < -0.39 is 24.3 Å². The highest BCUT2D eigenvalue weighted by molar-refractivity contribution is 6.01. The summed E-state index contributed by atoms with van der Waals surface area (Å²) < 4.78 is 21.3. The smallest absolute Gasteiger partial charge is 0.496 e. The fraction of sp³-hybridized carbons (Fsp3) is 0.483. The highest BCUT2D eigenvalue weighted by Gasteiger charge is 2.27. The van der Waals surface area contributed by atoms with E-state index in [2.05, 4.69) is 10.3 Å². The van der Waals surface area contributed by atoms with E-state index in [1.165, 1.54) is 26.2 Å². The SMILES string of the molecule is COc1cc(-c2ccc(C(=O)NCC3CC3)nc2C(=O)OC(C)OC(=O)OC2CCCCC2)c(C=O)cc1C. The van der Waals surface area contributed by atoms with Crippen molar-refractivity contribution in [1.82, 2.24) is 10.3 Å². The molecule has 0 radical (unpaired) electrons. The Balaban J connectivity index is 1.58. The third-order valence-corrected chi connectivity index (χ3v) is 6.90. The second-order valence-electron chi connectivity index (χ2n) is 9.99. The van der Waals surface area contributed by atoms with Crippen LogP contribution in [0.25, 0.3) is 11.1 Å². The number of esters is 1. The van der Waals surface area contributed by atoms with Gasteiger partial charge in [0.15, 0.2) is 12.0 Å². The Morgan fingerprint density at radius 3 is 2.46 bits per heavy atom. The molecule has 10 heteroatoms. The van der Waals surface area contributed by atoms with E-state index >= 15 is 0 Å². The Morgan fingerprint density at radius 2 is 1.79 bits per heavy atom. The minimum Gasteiger partial charge on any atom is -0.496 e. The predicted octanol–water partition coefficient (Wildman–Crippen LogP) is 5.01. The number of carbonyl (C=O) groups is 4. The maximum Gasteiger partial charge on any atom is 0.511 e. The number of hydrogen-bond acceptors (Lipinski definition) is 9. The van der Waals surface area contributed by atoms with Crippen LogP contribution in [0.4, 0.5) is 4.79 Å². The number of aldehydes is 1. The molecule has 1 aromatic heterocycles. The van der Waals surface area contributed by atoms with E-state index in [1.807, 2.05) is 0 Å². The first kappa shape index (κ1) is 28.1. The summed E-state index contributed by atoms with van der Waals surface area (Å²) in [6, 6.07) is 6.28. The lowest BCUT2D eigenvalue weighted by Crippen LogP contribution is -2.28. The number of aromatic nitrogens is 1. The second-order valence-corrected chi connectivity index (χ2v) is 9.99. The molecule has 0 saturated heterocycles. The van der Waals surface area contributed by atoms with Gasteiger partial charge in [0.1, 0.15) is 17.5 Å². The number of carbonyl (C=O) groups excluding carboxylic acids is 4. The molecular weight excluding hydrogens is 504 g/mol. The van der Waals surface area contributed by atoms with Crippen LogP contribution in [0.15, 0.2) is 24.3 Å². The van der Waals surface area contributed by atoms with Crippen LogP contribution in [-0.4, -0.2) is 55.4 Å². The maximum absolute atomic E-state index is 13.3. The van der Waals surface area contributed by atoms with Crippen LogP contribution >= 0.6 is 0 Å². The van der Waals surface area contributed by atoms with Gasteiger partial charge in [0, 0.05) is 24.6 Å². The van der Waals surface area contributed by atoms with Crippen molar-refractivity contribution in [2.75, 3.05) is 13.7 Å². The highest BCUT2D eigenvalue weighted by atomic mass is 16.8. The Bertz CT molecular complexity index is 1230. The quantitative estimate of drug-likeness (QED) is 0.252. The van der Waals surface area contributed by atoms with Gasteiger partial charge in [-0.25, -0.2) is 14.6 Å². The third kappa shape index (κ3) is 7.34. The molecule has 2 aliphatic rings. The molecule has 1 heterocycles. The molecule has 1 atom stereocenters. The van der Waals surface area contributed by atoms with E-state index in [-0.39, 0.29) is 23.1 Å². The zero-order chi connectivity index (χ0) is 27.9. The summed E-state index contributed by atoms with van der Waals surface area (Å²) in [6.07, 6.45) is 4.98. The molecule has 39 heavy (non-hydrogen) atoms. The van der Waals surface area contributed by atoms with Gasteiger partial charge in [0.05, 0.1) is 7.11 Å². The van der Waals surface area contributed by atoms with Gasteiger partial charge in [0.25, 0.3) is 5.91 Å². The molecule has 2 saturated carbocycles. The average Bonchev–Trinajstić information content (AvgIpc) is 3.76. The summed E-state index contributed by atoms with van der Waals surface area (Å²) in [5, 5.41) is 2.82. The fourth-order valence-electron chi connectivity index (χ4n) is 4.58. The van der Waals surface area contributed by atoms with Gasteiger partial charge in [-0.05, 0) is 86.8 Å². The lowest BCUT2D eigenvalue weighted by atomic mass is 9.96. The molecule has 1 unspecified atom stereocenters. The molecule has 2 fully saturated rings. The standard InChI is InChI=1S/C29H34N2O8/c1-17-13-20(16-32)23(14-25(17)36-3)22-11-12-24(27(33)30-15-19-9-10-19)31-26(22)28(34)37-18(2)38-29(35)39-21-7-5-4-6-8-21/h11-14,16,18-19,21H,4-10,15H2,1-3H3,(H,30,33). The van der Waals surface area contributed by atoms with Crippen LogP contribution in [0.1, 0.15) is 88.8 Å². The average molecular weight is 539 g/mol. The minimum atomic E-state index is -1.28. The van der Waals surface area contributed by atoms with Crippen molar-refractivity contribution in [2.24, 2.45) is 5.92 Å². The van der Waals surface area contributed by atoms with Crippen LogP contribution in [0.5, 0.6) is 5.75 Å². The molecule has 0 aliphatic heterocycles. The number of pyridine rings is 1. The van der Waals surface area contributed by atoms with Crippen molar-refractivity contribution in [1.29, 1.82) is 0 Å². The van der Waals surface area contributed by atoms with Crippen LogP contribution in [-0.2, 0) is 14.2 Å². The Hall–Kier alpha value is -3.95. The number of nitrogens with zero attached hydrogens (tertiary/aromatic N) is 1. The molecule has 4 rings (SSSR count). The minimum absolute atomic E-state index is 0.0170.